The van der Waals surface area contributed by atoms with Gasteiger partial charge in [-0.05, 0) is 44.7 Å². The van der Waals surface area contributed by atoms with Gasteiger partial charge in [0, 0.05) is 31.5 Å². The Kier molecular flexibility index (Phi) is 10.1. The number of rotatable bonds is 12. The molecule has 1 unspecified atom stereocenters. The summed E-state index contributed by atoms with van der Waals surface area (Å²) in [4.78, 5) is 29.0. The third kappa shape index (κ3) is 8.37. The maximum atomic E-state index is 12.3. The predicted octanol–water partition coefficient (Wildman–Crippen LogP) is 3.13. The number of likely N-dealkylation sites (tertiary alicyclic amines) is 1. The van der Waals surface area contributed by atoms with Crippen molar-refractivity contribution in [2.24, 2.45) is 0 Å². The molecule has 0 aromatic carbocycles. The summed E-state index contributed by atoms with van der Waals surface area (Å²) in [5, 5.41) is 19.0. The van der Waals surface area contributed by atoms with E-state index in [1.807, 2.05) is 42.2 Å². The minimum Gasteiger partial charge on any atom is -0.492 e. The number of carbonyl (C=O) groups is 2. The van der Waals surface area contributed by atoms with Crippen LogP contribution in [0.15, 0.2) is 42.6 Å². The van der Waals surface area contributed by atoms with Gasteiger partial charge in [-0.2, -0.15) is 0 Å². The molecule has 1 aromatic heterocycles. The van der Waals surface area contributed by atoms with Crippen molar-refractivity contribution in [3.8, 4) is 5.75 Å². The van der Waals surface area contributed by atoms with Gasteiger partial charge >= 0.3 is 5.97 Å². The fraction of sp³-hybridized carbons (Fsp3) is 0.522. The van der Waals surface area contributed by atoms with Crippen LogP contribution < -0.4 is 4.74 Å². The molecule has 1 fully saturated rings. The Balaban J connectivity index is 1.86. The number of aliphatic carboxylic acids is 1. The Morgan fingerprint density at radius 3 is 2.93 bits per heavy atom. The van der Waals surface area contributed by atoms with Crippen molar-refractivity contribution in [2.45, 2.75) is 64.0 Å². The first-order valence-electron chi connectivity index (χ1n) is 10.6. The lowest BCUT2D eigenvalue weighted by Crippen LogP contribution is -2.42. The lowest BCUT2D eigenvalue weighted by Gasteiger charge is -2.33. The van der Waals surface area contributed by atoms with Gasteiger partial charge in [-0.3, -0.25) is 14.6 Å². The van der Waals surface area contributed by atoms with Crippen LogP contribution in [0.2, 0.25) is 0 Å². The normalized spacial score (nSPS) is 18.3. The molecular weight excluding hydrogens is 384 g/mol. The summed E-state index contributed by atoms with van der Waals surface area (Å²) in [7, 11) is 0. The van der Waals surface area contributed by atoms with E-state index in [0.29, 0.717) is 44.6 Å². The number of allylic oxidation sites excluding steroid dienone is 1. The Morgan fingerprint density at radius 2 is 2.23 bits per heavy atom. The number of carboxylic acids is 1. The monoisotopic (exact) mass is 416 g/mol. The second-order valence-electron chi connectivity index (χ2n) is 7.34. The number of carboxylic acid groups (broad SMARTS) is 1. The molecule has 1 amide bonds. The zero-order valence-corrected chi connectivity index (χ0v) is 17.6. The first kappa shape index (κ1) is 23.6. The van der Waals surface area contributed by atoms with E-state index in [0.717, 1.165) is 18.5 Å². The third-order valence-electron chi connectivity index (χ3n) is 4.92. The third-order valence-corrected chi connectivity index (χ3v) is 4.92. The number of aromatic nitrogens is 1. The quantitative estimate of drug-likeness (QED) is 0.401. The van der Waals surface area contributed by atoms with Gasteiger partial charge in [0.25, 0.3) is 0 Å². The molecule has 2 rings (SSSR count). The highest BCUT2D eigenvalue weighted by Crippen LogP contribution is 2.20. The van der Waals surface area contributed by atoms with E-state index in [-0.39, 0.29) is 18.4 Å². The fourth-order valence-electron chi connectivity index (χ4n) is 3.38. The molecule has 1 aliphatic rings. The van der Waals surface area contributed by atoms with E-state index in [9.17, 15) is 14.7 Å². The van der Waals surface area contributed by atoms with Crippen LogP contribution in [-0.2, 0) is 16.0 Å². The van der Waals surface area contributed by atoms with E-state index in [4.69, 9.17) is 9.84 Å². The Labute approximate surface area is 178 Å². The molecule has 2 atom stereocenters. The van der Waals surface area contributed by atoms with E-state index < -0.39 is 12.1 Å². The molecule has 2 N–H and O–H groups in total. The molecule has 0 saturated carbocycles. The van der Waals surface area contributed by atoms with Crippen LogP contribution in [0.1, 0.15) is 51.1 Å². The van der Waals surface area contributed by atoms with Crippen LogP contribution in [0.5, 0.6) is 5.75 Å². The van der Waals surface area contributed by atoms with Crippen molar-refractivity contribution in [3.63, 3.8) is 0 Å². The molecule has 1 aliphatic heterocycles. The summed E-state index contributed by atoms with van der Waals surface area (Å²) < 4.78 is 5.37. The standard InChI is InChI=1S/C23H32N2O5/c1-2-30-21-14-11-18(24-17-21)16-20(26)13-12-19-8-7-9-22(27)25(19)15-6-4-3-5-10-23(28)29/h4,6,11-14,17,19-20,26H,2-3,5,7-10,15-16H2,1H3,(H,28,29)/t19-,20?/m1/s1. The molecule has 7 nitrogen and oxygen atoms in total. The van der Waals surface area contributed by atoms with Gasteiger partial charge in [0.05, 0.1) is 24.9 Å². The lowest BCUT2D eigenvalue weighted by molar-refractivity contribution is -0.137. The van der Waals surface area contributed by atoms with Crippen LogP contribution in [0.4, 0.5) is 0 Å². The van der Waals surface area contributed by atoms with Crippen molar-refractivity contribution in [2.75, 3.05) is 13.2 Å². The highest BCUT2D eigenvalue weighted by Gasteiger charge is 2.25. The van der Waals surface area contributed by atoms with Crippen molar-refractivity contribution in [3.05, 3.63) is 48.3 Å². The average molecular weight is 417 g/mol. The zero-order chi connectivity index (χ0) is 21.8. The second-order valence-corrected chi connectivity index (χ2v) is 7.34. The number of nitrogens with zero attached hydrogens (tertiary/aromatic N) is 2. The largest absolute Gasteiger partial charge is 0.492 e. The van der Waals surface area contributed by atoms with Crippen molar-refractivity contribution < 1.29 is 24.5 Å². The zero-order valence-electron chi connectivity index (χ0n) is 17.6. The van der Waals surface area contributed by atoms with Crippen LogP contribution in [0, 0.1) is 0 Å². The molecule has 30 heavy (non-hydrogen) atoms. The number of aliphatic hydroxyl groups is 1. The van der Waals surface area contributed by atoms with E-state index >= 15 is 0 Å². The fourth-order valence-corrected chi connectivity index (χ4v) is 3.38. The number of pyridine rings is 1. The van der Waals surface area contributed by atoms with Crippen LogP contribution in [0.25, 0.3) is 0 Å². The molecule has 0 radical (unpaired) electrons. The van der Waals surface area contributed by atoms with E-state index in [2.05, 4.69) is 4.98 Å². The first-order chi connectivity index (χ1) is 14.5. The summed E-state index contributed by atoms with van der Waals surface area (Å²) in [6.07, 6.45) is 12.5. The van der Waals surface area contributed by atoms with Gasteiger partial charge in [0.1, 0.15) is 5.75 Å². The van der Waals surface area contributed by atoms with Gasteiger partial charge in [-0.25, -0.2) is 0 Å². The molecular formula is C23H32N2O5. The highest BCUT2D eigenvalue weighted by atomic mass is 16.5. The summed E-state index contributed by atoms with van der Waals surface area (Å²) in [6, 6.07) is 3.64. The molecule has 164 valence electrons. The number of hydrogen-bond acceptors (Lipinski definition) is 5. The molecule has 0 bridgehead atoms. The number of hydrogen-bond donors (Lipinski definition) is 2. The minimum atomic E-state index is -0.793. The maximum absolute atomic E-state index is 12.3. The second kappa shape index (κ2) is 12.8. The maximum Gasteiger partial charge on any atom is 0.303 e. The molecule has 1 saturated heterocycles. The summed E-state index contributed by atoms with van der Waals surface area (Å²) in [6.45, 7) is 3.00. The smallest absolute Gasteiger partial charge is 0.303 e. The highest BCUT2D eigenvalue weighted by molar-refractivity contribution is 5.77. The SMILES string of the molecule is CCOc1ccc(CC(O)C=C[C@H]2CCCC(=O)N2CC=CCCCC(=O)O)nc1. The van der Waals surface area contributed by atoms with Crippen LogP contribution in [-0.4, -0.2) is 57.3 Å². The number of unbranched alkanes of at least 4 members (excludes halogenated alkanes) is 1. The average Bonchev–Trinajstić information content (AvgIpc) is 2.71. The number of aliphatic hydroxyl groups excluding tert-OH is 1. The van der Waals surface area contributed by atoms with Crippen molar-refractivity contribution in [1.29, 1.82) is 0 Å². The molecule has 0 aliphatic carbocycles. The van der Waals surface area contributed by atoms with Gasteiger partial charge in [0.2, 0.25) is 5.91 Å². The van der Waals surface area contributed by atoms with Gasteiger partial charge in [-0.15, -0.1) is 0 Å². The topological polar surface area (TPSA) is 100.0 Å². The first-order valence-corrected chi connectivity index (χ1v) is 10.6. The van der Waals surface area contributed by atoms with Gasteiger partial charge in [0.15, 0.2) is 0 Å². The number of piperidine rings is 1. The van der Waals surface area contributed by atoms with Crippen LogP contribution >= 0.6 is 0 Å². The molecule has 2 heterocycles. The van der Waals surface area contributed by atoms with Crippen LogP contribution in [0.3, 0.4) is 0 Å². The van der Waals surface area contributed by atoms with E-state index in [1.165, 1.54) is 0 Å². The summed E-state index contributed by atoms with van der Waals surface area (Å²) >= 11 is 0. The summed E-state index contributed by atoms with van der Waals surface area (Å²) in [5.74, 6) is 0.0196. The number of amides is 1. The minimum absolute atomic E-state index is 0.0436. The lowest BCUT2D eigenvalue weighted by atomic mass is 10.00. The molecule has 0 spiro atoms. The molecule has 1 aromatic rings. The Hall–Kier alpha value is -2.67. The molecule has 7 heteroatoms. The Bertz CT molecular complexity index is 730. The number of carbonyl (C=O) groups excluding carboxylic acids is 1. The van der Waals surface area contributed by atoms with Gasteiger partial charge < -0.3 is 19.8 Å². The predicted molar refractivity (Wildman–Crippen MR) is 114 cm³/mol. The van der Waals surface area contributed by atoms with Crippen molar-refractivity contribution in [1.82, 2.24) is 9.88 Å². The van der Waals surface area contributed by atoms with Crippen molar-refractivity contribution >= 4 is 11.9 Å². The Morgan fingerprint density at radius 1 is 1.40 bits per heavy atom. The summed E-state index contributed by atoms with van der Waals surface area (Å²) in [5.41, 5.74) is 0.775. The number of ether oxygens (including phenoxy) is 1. The van der Waals surface area contributed by atoms with Gasteiger partial charge in [-0.1, -0.05) is 24.3 Å². The van der Waals surface area contributed by atoms with E-state index in [1.54, 1.807) is 12.3 Å².